The van der Waals surface area contributed by atoms with Gasteiger partial charge < -0.3 is 9.05 Å². The van der Waals surface area contributed by atoms with Crippen LogP contribution in [0.15, 0.2) is 40.0 Å². The van der Waals surface area contributed by atoms with Gasteiger partial charge >= 0.3 is 6.01 Å². The average Bonchev–Trinajstić information content (AvgIpc) is 3.46. The quantitative estimate of drug-likeness (QED) is 0.433. The van der Waals surface area contributed by atoms with Gasteiger partial charge in [-0.3, -0.25) is 5.32 Å². The van der Waals surface area contributed by atoms with Crippen LogP contribution in [0.25, 0.3) is 16.6 Å². The van der Waals surface area contributed by atoms with Crippen molar-refractivity contribution in [1.82, 2.24) is 34.9 Å². The van der Waals surface area contributed by atoms with Gasteiger partial charge in [0.15, 0.2) is 22.9 Å². The molecule has 0 aliphatic heterocycles. The van der Waals surface area contributed by atoms with Crippen molar-refractivity contribution in [3.8, 4) is 11.8 Å². The molecule has 0 fully saturated rings. The van der Waals surface area contributed by atoms with E-state index in [4.69, 9.17) is 9.05 Å². The molecule has 4 heterocycles. The standard InChI is InChI=1S/C21H18N8O2/c1-12-5-7-15-16(14(12)8-6-13-9-24-29-11-22-10-23-18(13)29)30-27-17(15)25-20-26-19(28-31-20)21(2,3)4/h5,7,9-11H,1-4H3,(H,25,26,27,28). The Hall–Kier alpha value is -4.26. The van der Waals surface area contributed by atoms with Gasteiger partial charge in [0.05, 0.1) is 22.7 Å². The maximum absolute atomic E-state index is 5.61. The summed E-state index contributed by atoms with van der Waals surface area (Å²) < 4.78 is 12.5. The van der Waals surface area contributed by atoms with Crippen molar-refractivity contribution >= 4 is 28.4 Å². The van der Waals surface area contributed by atoms with Crippen LogP contribution in [0.3, 0.4) is 0 Å². The molecule has 0 saturated heterocycles. The van der Waals surface area contributed by atoms with Crippen molar-refractivity contribution in [1.29, 1.82) is 0 Å². The van der Waals surface area contributed by atoms with Gasteiger partial charge in [-0.05, 0) is 18.6 Å². The number of nitrogens with zero attached hydrogens (tertiary/aromatic N) is 7. The van der Waals surface area contributed by atoms with Gasteiger partial charge in [-0.2, -0.15) is 10.1 Å². The topological polar surface area (TPSA) is 120 Å². The molecule has 10 heteroatoms. The highest BCUT2D eigenvalue weighted by Crippen LogP contribution is 2.30. The van der Waals surface area contributed by atoms with Gasteiger partial charge in [-0.25, -0.2) is 14.5 Å². The summed E-state index contributed by atoms with van der Waals surface area (Å²) >= 11 is 0. The van der Waals surface area contributed by atoms with E-state index in [2.05, 4.69) is 47.5 Å². The van der Waals surface area contributed by atoms with Crippen molar-refractivity contribution in [2.24, 2.45) is 0 Å². The van der Waals surface area contributed by atoms with Crippen molar-refractivity contribution < 1.29 is 9.05 Å². The lowest BCUT2D eigenvalue weighted by molar-refractivity contribution is 0.403. The summed E-state index contributed by atoms with van der Waals surface area (Å²) in [6.07, 6.45) is 4.70. The molecule has 0 amide bonds. The number of hydrogen-bond donors (Lipinski definition) is 1. The highest BCUT2D eigenvalue weighted by Gasteiger charge is 2.22. The van der Waals surface area contributed by atoms with E-state index in [1.807, 2.05) is 39.8 Å². The van der Waals surface area contributed by atoms with Crippen molar-refractivity contribution in [3.05, 3.63) is 53.5 Å². The molecule has 4 aromatic heterocycles. The van der Waals surface area contributed by atoms with E-state index in [1.54, 1.807) is 17.0 Å². The Morgan fingerprint density at radius 2 is 1.97 bits per heavy atom. The highest BCUT2D eigenvalue weighted by atomic mass is 16.5. The van der Waals surface area contributed by atoms with Crippen LogP contribution < -0.4 is 5.32 Å². The number of fused-ring (bicyclic) bond motifs is 2. The number of anilines is 2. The molecule has 1 aromatic carbocycles. The number of nitrogens with one attached hydrogen (secondary N) is 1. The first-order chi connectivity index (χ1) is 14.9. The fourth-order valence-electron chi connectivity index (χ4n) is 3.00. The Balaban J connectivity index is 1.52. The highest BCUT2D eigenvalue weighted by molar-refractivity contribution is 5.93. The predicted molar refractivity (Wildman–Crippen MR) is 112 cm³/mol. The van der Waals surface area contributed by atoms with E-state index in [-0.39, 0.29) is 11.4 Å². The normalized spacial score (nSPS) is 11.6. The Morgan fingerprint density at radius 3 is 2.77 bits per heavy atom. The minimum absolute atomic E-state index is 0.224. The average molecular weight is 414 g/mol. The summed E-state index contributed by atoms with van der Waals surface area (Å²) in [5.41, 5.74) is 3.36. The van der Waals surface area contributed by atoms with E-state index in [9.17, 15) is 0 Å². The summed E-state index contributed by atoms with van der Waals surface area (Å²) in [6.45, 7) is 8.00. The van der Waals surface area contributed by atoms with Crippen LogP contribution in [-0.4, -0.2) is 34.9 Å². The van der Waals surface area contributed by atoms with Crippen LogP contribution in [0.2, 0.25) is 0 Å². The minimum atomic E-state index is -0.224. The fourth-order valence-corrected chi connectivity index (χ4v) is 3.00. The first-order valence-corrected chi connectivity index (χ1v) is 9.56. The molecule has 0 radical (unpaired) electrons. The van der Waals surface area contributed by atoms with Crippen LogP contribution in [-0.2, 0) is 5.41 Å². The second-order valence-corrected chi connectivity index (χ2v) is 8.05. The Labute approximate surface area is 176 Å². The molecule has 0 bridgehead atoms. The molecule has 0 atom stereocenters. The Morgan fingerprint density at radius 1 is 1.10 bits per heavy atom. The second-order valence-electron chi connectivity index (χ2n) is 8.05. The smallest absolute Gasteiger partial charge is 0.327 e. The first-order valence-electron chi connectivity index (χ1n) is 9.56. The number of aryl methyl sites for hydroxylation is 1. The molecular formula is C21H18N8O2. The SMILES string of the molecule is Cc1ccc2c(Nc3nc(C(C)(C)C)no3)noc2c1C#Cc1cnn2cncnc12. The van der Waals surface area contributed by atoms with Crippen LogP contribution >= 0.6 is 0 Å². The van der Waals surface area contributed by atoms with E-state index < -0.39 is 0 Å². The number of rotatable bonds is 2. The third-order valence-corrected chi connectivity index (χ3v) is 4.69. The molecule has 0 saturated carbocycles. The fraction of sp³-hybridized carbons (Fsp3) is 0.238. The van der Waals surface area contributed by atoms with E-state index in [0.29, 0.717) is 28.4 Å². The molecule has 154 valence electrons. The van der Waals surface area contributed by atoms with E-state index in [1.165, 1.54) is 6.33 Å². The van der Waals surface area contributed by atoms with Crippen molar-refractivity contribution in [2.75, 3.05) is 5.32 Å². The molecule has 0 aliphatic carbocycles. The molecular weight excluding hydrogens is 396 g/mol. The summed E-state index contributed by atoms with van der Waals surface area (Å²) in [6, 6.07) is 4.12. The maximum Gasteiger partial charge on any atom is 0.327 e. The van der Waals surface area contributed by atoms with Gasteiger partial charge in [0.2, 0.25) is 0 Å². The zero-order chi connectivity index (χ0) is 21.6. The van der Waals surface area contributed by atoms with Crippen LogP contribution in [0, 0.1) is 18.8 Å². The molecule has 0 aliphatic rings. The van der Waals surface area contributed by atoms with Crippen LogP contribution in [0.5, 0.6) is 0 Å². The number of benzene rings is 1. The van der Waals surface area contributed by atoms with Crippen LogP contribution in [0.4, 0.5) is 11.8 Å². The van der Waals surface area contributed by atoms with E-state index >= 15 is 0 Å². The Kier molecular flexibility index (Phi) is 4.18. The van der Waals surface area contributed by atoms with Gasteiger partial charge in [0.1, 0.15) is 12.7 Å². The van der Waals surface area contributed by atoms with Gasteiger partial charge in [0, 0.05) is 5.41 Å². The molecule has 0 unspecified atom stereocenters. The van der Waals surface area contributed by atoms with Gasteiger partial charge in [-0.1, -0.05) is 49.0 Å². The Bertz CT molecular complexity index is 1480. The largest absolute Gasteiger partial charge is 0.353 e. The minimum Gasteiger partial charge on any atom is -0.353 e. The zero-order valence-electron chi connectivity index (χ0n) is 17.3. The lowest BCUT2D eigenvalue weighted by atomic mass is 9.96. The summed E-state index contributed by atoms with van der Waals surface area (Å²) in [5.74, 6) is 7.38. The maximum atomic E-state index is 5.61. The van der Waals surface area contributed by atoms with Crippen LogP contribution in [0.1, 0.15) is 43.3 Å². The second kappa shape index (κ2) is 6.91. The van der Waals surface area contributed by atoms with Gasteiger partial charge in [0.25, 0.3) is 0 Å². The monoisotopic (exact) mass is 414 g/mol. The summed E-state index contributed by atoms with van der Waals surface area (Å²) in [5, 5.41) is 16.2. The number of hydrogen-bond acceptors (Lipinski definition) is 9. The first kappa shape index (κ1) is 18.7. The van der Waals surface area contributed by atoms with Gasteiger partial charge in [-0.15, -0.1) is 0 Å². The third kappa shape index (κ3) is 3.36. The molecule has 5 rings (SSSR count). The molecule has 5 aromatic rings. The summed E-state index contributed by atoms with van der Waals surface area (Å²) in [7, 11) is 0. The lowest BCUT2D eigenvalue weighted by Crippen LogP contribution is -2.13. The molecule has 0 spiro atoms. The summed E-state index contributed by atoms with van der Waals surface area (Å²) in [4.78, 5) is 12.6. The predicted octanol–water partition coefficient (Wildman–Crippen LogP) is 3.40. The molecule has 1 N–H and O–H groups in total. The third-order valence-electron chi connectivity index (χ3n) is 4.69. The lowest BCUT2D eigenvalue weighted by Gasteiger charge is -2.10. The van der Waals surface area contributed by atoms with E-state index in [0.717, 1.165) is 16.5 Å². The molecule has 10 nitrogen and oxygen atoms in total. The molecule has 31 heavy (non-hydrogen) atoms. The van der Waals surface area contributed by atoms with Crippen molar-refractivity contribution in [2.45, 2.75) is 33.1 Å². The van der Waals surface area contributed by atoms with Crippen molar-refractivity contribution in [3.63, 3.8) is 0 Å². The number of aromatic nitrogens is 7. The zero-order valence-corrected chi connectivity index (χ0v) is 17.3.